The fourth-order valence-electron chi connectivity index (χ4n) is 1.08. The molecule has 0 fully saturated rings. The number of aromatic nitrogens is 3. The van der Waals surface area contributed by atoms with Crippen LogP contribution in [0.2, 0.25) is 0 Å². The van der Waals surface area contributed by atoms with Crippen molar-refractivity contribution in [2.24, 2.45) is 0 Å². The van der Waals surface area contributed by atoms with Crippen molar-refractivity contribution in [1.82, 2.24) is 15.2 Å². The van der Waals surface area contributed by atoms with Gasteiger partial charge in [0.2, 0.25) is 5.82 Å². The van der Waals surface area contributed by atoms with Crippen LogP contribution in [0.5, 0.6) is 0 Å². The normalized spacial score (nSPS) is 11.9. The first-order valence-electron chi connectivity index (χ1n) is 4.61. The van der Waals surface area contributed by atoms with Crippen LogP contribution in [-0.2, 0) is 9.53 Å². The molecule has 0 radical (unpaired) electrons. The van der Waals surface area contributed by atoms with Crippen molar-refractivity contribution in [3.63, 3.8) is 0 Å². The van der Waals surface area contributed by atoms with E-state index in [0.29, 0.717) is 6.42 Å². The summed E-state index contributed by atoms with van der Waals surface area (Å²) in [6.07, 6.45) is 0.424. The van der Waals surface area contributed by atoms with Crippen LogP contribution >= 0.6 is 0 Å². The molecule has 0 amide bonds. The van der Waals surface area contributed by atoms with E-state index in [1.807, 2.05) is 4.98 Å². The highest BCUT2D eigenvalue weighted by Gasteiger charge is 2.18. The van der Waals surface area contributed by atoms with Crippen LogP contribution in [0.4, 0.5) is 5.82 Å². The van der Waals surface area contributed by atoms with Gasteiger partial charge in [0.1, 0.15) is 6.04 Å². The molecule has 8 nitrogen and oxygen atoms in total. The lowest BCUT2D eigenvalue weighted by molar-refractivity contribution is -0.141. The number of methoxy groups -OCH3 is 1. The van der Waals surface area contributed by atoms with Gasteiger partial charge in [-0.2, -0.15) is 0 Å². The first-order chi connectivity index (χ1) is 7.58. The molecule has 0 spiro atoms. The SMILES string of the molecule is CCC(Nc1n[nH]c(=O)[nH]c1=O)C(=O)OC. The van der Waals surface area contributed by atoms with E-state index in [2.05, 4.69) is 20.3 Å². The summed E-state index contributed by atoms with van der Waals surface area (Å²) >= 11 is 0. The Labute approximate surface area is 90.0 Å². The van der Waals surface area contributed by atoms with Gasteiger partial charge in [-0.05, 0) is 6.42 Å². The third-order valence-corrected chi connectivity index (χ3v) is 1.92. The van der Waals surface area contributed by atoms with Gasteiger partial charge in [0.25, 0.3) is 5.56 Å². The van der Waals surface area contributed by atoms with E-state index < -0.39 is 23.3 Å². The molecule has 1 heterocycles. The molecule has 0 aromatic carbocycles. The Morgan fingerprint density at radius 1 is 1.56 bits per heavy atom. The third kappa shape index (κ3) is 2.69. The zero-order chi connectivity index (χ0) is 12.1. The number of rotatable bonds is 4. The molecular weight excluding hydrogens is 216 g/mol. The molecule has 0 bridgehead atoms. The number of carbonyl (C=O) groups is 1. The van der Waals surface area contributed by atoms with Crippen molar-refractivity contribution in [3.8, 4) is 0 Å². The highest BCUT2D eigenvalue weighted by Crippen LogP contribution is 2.00. The van der Waals surface area contributed by atoms with Crippen LogP contribution in [-0.4, -0.2) is 34.3 Å². The minimum Gasteiger partial charge on any atom is -0.467 e. The number of carbonyl (C=O) groups excluding carboxylic acids is 1. The van der Waals surface area contributed by atoms with Crippen molar-refractivity contribution in [1.29, 1.82) is 0 Å². The lowest BCUT2D eigenvalue weighted by Gasteiger charge is -2.13. The van der Waals surface area contributed by atoms with Crippen LogP contribution in [0.15, 0.2) is 9.59 Å². The van der Waals surface area contributed by atoms with E-state index in [-0.39, 0.29) is 5.82 Å². The first-order valence-corrected chi connectivity index (χ1v) is 4.61. The van der Waals surface area contributed by atoms with Crippen LogP contribution in [0.25, 0.3) is 0 Å². The fourth-order valence-corrected chi connectivity index (χ4v) is 1.08. The zero-order valence-electron chi connectivity index (χ0n) is 8.86. The van der Waals surface area contributed by atoms with E-state index in [1.54, 1.807) is 6.92 Å². The number of hydrogen-bond donors (Lipinski definition) is 3. The number of aromatic amines is 2. The molecule has 1 unspecified atom stereocenters. The summed E-state index contributed by atoms with van der Waals surface area (Å²) in [5, 5.41) is 8.11. The van der Waals surface area contributed by atoms with E-state index in [4.69, 9.17) is 0 Å². The largest absolute Gasteiger partial charge is 0.467 e. The second kappa shape index (κ2) is 5.10. The molecule has 16 heavy (non-hydrogen) atoms. The molecule has 1 atom stereocenters. The smallest absolute Gasteiger partial charge is 0.342 e. The summed E-state index contributed by atoms with van der Waals surface area (Å²) in [5.74, 6) is -0.633. The Morgan fingerprint density at radius 3 is 2.75 bits per heavy atom. The summed E-state index contributed by atoms with van der Waals surface area (Å²) in [6, 6.07) is -0.676. The predicted octanol–water partition coefficient (Wildman–Crippen LogP) is -1.18. The van der Waals surface area contributed by atoms with Crippen LogP contribution in [0.1, 0.15) is 13.3 Å². The van der Waals surface area contributed by atoms with E-state index in [9.17, 15) is 14.4 Å². The van der Waals surface area contributed by atoms with Gasteiger partial charge < -0.3 is 10.1 Å². The van der Waals surface area contributed by atoms with E-state index in [0.717, 1.165) is 0 Å². The number of esters is 1. The van der Waals surface area contributed by atoms with Crippen molar-refractivity contribution in [2.45, 2.75) is 19.4 Å². The maximum Gasteiger partial charge on any atom is 0.342 e. The Hall–Kier alpha value is -2.12. The molecule has 0 saturated carbocycles. The van der Waals surface area contributed by atoms with Gasteiger partial charge in [0, 0.05) is 0 Å². The average molecular weight is 228 g/mol. The number of H-pyrrole nitrogens is 2. The van der Waals surface area contributed by atoms with Crippen molar-refractivity contribution < 1.29 is 9.53 Å². The second-order valence-electron chi connectivity index (χ2n) is 2.98. The number of nitrogens with zero attached hydrogens (tertiary/aromatic N) is 1. The number of anilines is 1. The Bertz CT molecular complexity index is 477. The summed E-state index contributed by atoms with van der Waals surface area (Å²) in [7, 11) is 1.25. The quantitative estimate of drug-likeness (QED) is 0.558. The molecule has 1 aromatic rings. The standard InChI is InChI=1S/C8H12N4O4/c1-3-4(7(14)16-2)9-5-6(13)10-8(15)12-11-5/h4H,3H2,1-2H3,(H,9,11)(H2,10,12,13,15). The Morgan fingerprint density at radius 2 is 2.25 bits per heavy atom. The van der Waals surface area contributed by atoms with Crippen molar-refractivity contribution >= 4 is 11.8 Å². The molecule has 0 aliphatic rings. The Balaban J connectivity index is 2.90. The van der Waals surface area contributed by atoms with Gasteiger partial charge in [0.15, 0.2) is 0 Å². The molecule has 0 aliphatic heterocycles. The summed E-state index contributed by atoms with van der Waals surface area (Å²) < 4.78 is 4.53. The summed E-state index contributed by atoms with van der Waals surface area (Å²) in [4.78, 5) is 35.2. The van der Waals surface area contributed by atoms with Crippen LogP contribution in [0.3, 0.4) is 0 Å². The van der Waals surface area contributed by atoms with Gasteiger partial charge in [-0.3, -0.25) is 9.78 Å². The molecule has 1 rings (SSSR count). The third-order valence-electron chi connectivity index (χ3n) is 1.92. The van der Waals surface area contributed by atoms with Crippen molar-refractivity contribution in [3.05, 3.63) is 20.8 Å². The fraction of sp³-hybridized carbons (Fsp3) is 0.500. The maximum atomic E-state index is 11.2. The molecule has 88 valence electrons. The predicted molar refractivity (Wildman–Crippen MR) is 55.2 cm³/mol. The summed E-state index contributed by atoms with van der Waals surface area (Å²) in [5.41, 5.74) is -1.40. The molecule has 3 N–H and O–H groups in total. The number of nitrogens with one attached hydrogen (secondary N) is 3. The summed E-state index contributed by atoms with van der Waals surface area (Å²) in [6.45, 7) is 1.74. The number of ether oxygens (including phenoxy) is 1. The highest BCUT2D eigenvalue weighted by molar-refractivity contribution is 5.78. The van der Waals surface area contributed by atoms with Crippen LogP contribution in [0, 0.1) is 0 Å². The van der Waals surface area contributed by atoms with Gasteiger partial charge in [-0.1, -0.05) is 6.92 Å². The molecule has 0 aliphatic carbocycles. The monoisotopic (exact) mass is 228 g/mol. The van der Waals surface area contributed by atoms with Gasteiger partial charge in [-0.25, -0.2) is 14.7 Å². The molecule has 8 heteroatoms. The minimum atomic E-state index is -0.707. The molecular formula is C8H12N4O4. The second-order valence-corrected chi connectivity index (χ2v) is 2.98. The maximum absolute atomic E-state index is 11.2. The van der Waals surface area contributed by atoms with E-state index >= 15 is 0 Å². The van der Waals surface area contributed by atoms with Gasteiger partial charge in [-0.15, -0.1) is 5.10 Å². The van der Waals surface area contributed by atoms with Gasteiger partial charge >= 0.3 is 11.7 Å². The van der Waals surface area contributed by atoms with E-state index in [1.165, 1.54) is 7.11 Å². The Kier molecular flexibility index (Phi) is 3.81. The molecule has 1 aromatic heterocycles. The minimum absolute atomic E-state index is 0.128. The van der Waals surface area contributed by atoms with Crippen LogP contribution < -0.4 is 16.6 Å². The topological polar surface area (TPSA) is 117 Å². The average Bonchev–Trinajstić information content (AvgIpc) is 2.27. The lowest BCUT2D eigenvalue weighted by Crippen LogP contribution is -2.35. The van der Waals surface area contributed by atoms with Gasteiger partial charge in [0.05, 0.1) is 7.11 Å². The first kappa shape index (κ1) is 12.0. The van der Waals surface area contributed by atoms with Crippen molar-refractivity contribution in [2.75, 3.05) is 12.4 Å². The lowest BCUT2D eigenvalue weighted by atomic mass is 10.2. The highest BCUT2D eigenvalue weighted by atomic mass is 16.5. The zero-order valence-corrected chi connectivity index (χ0v) is 8.86. The number of hydrogen-bond acceptors (Lipinski definition) is 6. The molecule has 0 saturated heterocycles.